The largest absolute Gasteiger partial charge is 0.340 e. The Morgan fingerprint density at radius 1 is 1.42 bits per heavy atom. The molecule has 6 nitrogen and oxygen atoms in total. The Morgan fingerprint density at radius 2 is 2.08 bits per heavy atom. The highest BCUT2D eigenvalue weighted by Crippen LogP contribution is 2.26. The van der Waals surface area contributed by atoms with Crippen molar-refractivity contribution in [3.05, 3.63) is 17.5 Å². The van der Waals surface area contributed by atoms with Crippen LogP contribution < -0.4 is 0 Å². The highest BCUT2D eigenvalue weighted by molar-refractivity contribution is 5.92. The summed E-state index contributed by atoms with van der Waals surface area (Å²) in [7, 11) is 3.61. The van der Waals surface area contributed by atoms with Gasteiger partial charge in [0.1, 0.15) is 5.69 Å². The van der Waals surface area contributed by atoms with Crippen LogP contribution in [0.25, 0.3) is 0 Å². The molecule has 1 aliphatic rings. The van der Waals surface area contributed by atoms with E-state index in [1.54, 1.807) is 23.7 Å². The van der Waals surface area contributed by atoms with E-state index in [1.165, 1.54) is 0 Å². The average molecular weight is 334 g/mol. The summed E-state index contributed by atoms with van der Waals surface area (Å²) >= 11 is 0. The maximum absolute atomic E-state index is 12.7. The van der Waals surface area contributed by atoms with Crippen molar-refractivity contribution in [2.24, 2.45) is 13.0 Å². The number of likely N-dealkylation sites (tertiary alicyclic amines) is 1. The minimum Gasteiger partial charge on any atom is -0.340 e. The molecule has 0 radical (unpaired) electrons. The molecule has 134 valence electrons. The van der Waals surface area contributed by atoms with E-state index in [0.29, 0.717) is 25.2 Å². The van der Waals surface area contributed by atoms with Crippen molar-refractivity contribution in [2.45, 2.75) is 52.5 Å². The van der Waals surface area contributed by atoms with Gasteiger partial charge in [-0.25, -0.2) is 0 Å². The van der Waals surface area contributed by atoms with Gasteiger partial charge in [0.25, 0.3) is 5.91 Å². The van der Waals surface area contributed by atoms with Crippen molar-refractivity contribution in [1.82, 2.24) is 19.6 Å². The number of rotatable bonds is 5. The minimum absolute atomic E-state index is 0.0333. The van der Waals surface area contributed by atoms with Crippen LogP contribution in [0, 0.1) is 5.92 Å². The first-order chi connectivity index (χ1) is 11.1. The summed E-state index contributed by atoms with van der Waals surface area (Å²) in [6.45, 7) is 9.55. The number of hydrogen-bond donors (Lipinski definition) is 0. The first kappa shape index (κ1) is 18.5. The normalized spacial score (nSPS) is 18.3. The van der Waals surface area contributed by atoms with Crippen molar-refractivity contribution in [3.8, 4) is 0 Å². The first-order valence-corrected chi connectivity index (χ1v) is 8.72. The van der Waals surface area contributed by atoms with Crippen LogP contribution in [-0.4, -0.2) is 57.1 Å². The molecule has 2 heterocycles. The molecule has 0 saturated carbocycles. The van der Waals surface area contributed by atoms with E-state index in [1.807, 2.05) is 31.7 Å². The molecule has 0 aliphatic carbocycles. The number of carbonyl (C=O) groups is 2. The molecule has 1 atom stereocenters. The molecule has 0 N–H and O–H groups in total. The average Bonchev–Trinajstić information content (AvgIpc) is 3.01. The molecule has 0 spiro atoms. The van der Waals surface area contributed by atoms with Gasteiger partial charge in [0, 0.05) is 45.1 Å². The lowest BCUT2D eigenvalue weighted by molar-refractivity contribution is -0.131. The van der Waals surface area contributed by atoms with Crippen LogP contribution in [0.2, 0.25) is 0 Å². The Morgan fingerprint density at radius 3 is 2.62 bits per heavy atom. The van der Waals surface area contributed by atoms with E-state index in [2.05, 4.69) is 12.0 Å². The molecule has 0 aromatic carbocycles. The predicted molar refractivity (Wildman–Crippen MR) is 93.7 cm³/mol. The molecule has 1 fully saturated rings. The zero-order valence-electron chi connectivity index (χ0n) is 15.8. The Bertz CT molecular complexity index is 615. The smallest absolute Gasteiger partial charge is 0.271 e. The fourth-order valence-corrected chi connectivity index (χ4v) is 3.32. The van der Waals surface area contributed by atoms with Gasteiger partial charge in [-0.05, 0) is 33.3 Å². The summed E-state index contributed by atoms with van der Waals surface area (Å²) in [5.41, 5.74) is 1.40. The molecule has 1 aromatic rings. The number of aromatic nitrogens is 2. The molecular weight excluding hydrogens is 304 g/mol. The maximum Gasteiger partial charge on any atom is 0.271 e. The third-order valence-corrected chi connectivity index (χ3v) is 4.55. The number of nitrogens with zero attached hydrogens (tertiary/aromatic N) is 4. The molecular formula is C18H30N4O2. The molecule has 24 heavy (non-hydrogen) atoms. The molecule has 2 rings (SSSR count). The second-order valence-electron chi connectivity index (χ2n) is 7.83. The number of carbonyl (C=O) groups excluding carboxylic acids is 2. The Labute approximate surface area is 144 Å². The predicted octanol–water partition coefficient (Wildman–Crippen LogP) is 2.09. The van der Waals surface area contributed by atoms with Crippen LogP contribution in [-0.2, 0) is 18.3 Å². The molecule has 1 saturated heterocycles. The van der Waals surface area contributed by atoms with Crippen LogP contribution in [0.15, 0.2) is 6.07 Å². The van der Waals surface area contributed by atoms with Crippen LogP contribution in [0.3, 0.4) is 0 Å². The van der Waals surface area contributed by atoms with Gasteiger partial charge in [0.2, 0.25) is 5.91 Å². The third kappa shape index (κ3) is 3.97. The summed E-state index contributed by atoms with van der Waals surface area (Å²) in [6.07, 6.45) is 2.40. The van der Waals surface area contributed by atoms with Crippen molar-refractivity contribution in [3.63, 3.8) is 0 Å². The van der Waals surface area contributed by atoms with E-state index in [0.717, 1.165) is 18.5 Å². The van der Waals surface area contributed by atoms with E-state index in [9.17, 15) is 9.59 Å². The molecule has 2 amide bonds. The highest BCUT2D eigenvalue weighted by atomic mass is 16.2. The monoisotopic (exact) mass is 334 g/mol. The van der Waals surface area contributed by atoms with Crippen LogP contribution in [0.1, 0.15) is 56.7 Å². The van der Waals surface area contributed by atoms with Crippen LogP contribution in [0.5, 0.6) is 0 Å². The van der Waals surface area contributed by atoms with Crippen molar-refractivity contribution < 1.29 is 9.59 Å². The molecule has 0 unspecified atom stereocenters. The number of aryl methyl sites for hydroxylation is 2. The Balaban J connectivity index is 2.01. The SMILES string of the molecule is CCCc1cc(C(=O)N(C)C[C@@H]2CC(=O)N(C(C)(C)C)C2)n(C)n1. The van der Waals surface area contributed by atoms with Crippen LogP contribution >= 0.6 is 0 Å². The maximum atomic E-state index is 12.7. The van der Waals surface area contributed by atoms with Gasteiger partial charge in [-0.15, -0.1) is 0 Å². The minimum atomic E-state index is -0.161. The van der Waals surface area contributed by atoms with Gasteiger partial charge < -0.3 is 9.80 Å². The van der Waals surface area contributed by atoms with Gasteiger partial charge >= 0.3 is 0 Å². The Hall–Kier alpha value is -1.85. The van der Waals surface area contributed by atoms with E-state index >= 15 is 0 Å². The number of amides is 2. The third-order valence-electron chi connectivity index (χ3n) is 4.55. The summed E-state index contributed by atoms with van der Waals surface area (Å²) in [4.78, 5) is 28.5. The van der Waals surface area contributed by atoms with Crippen LogP contribution in [0.4, 0.5) is 0 Å². The number of hydrogen-bond acceptors (Lipinski definition) is 3. The zero-order valence-corrected chi connectivity index (χ0v) is 15.8. The lowest BCUT2D eigenvalue weighted by Gasteiger charge is -2.32. The van der Waals surface area contributed by atoms with Gasteiger partial charge in [0.15, 0.2) is 0 Å². The molecule has 1 aliphatic heterocycles. The Kier molecular flexibility index (Phi) is 5.35. The van der Waals surface area contributed by atoms with Gasteiger partial charge in [-0.3, -0.25) is 14.3 Å². The van der Waals surface area contributed by atoms with E-state index in [-0.39, 0.29) is 23.3 Å². The lowest BCUT2D eigenvalue weighted by atomic mass is 10.1. The summed E-state index contributed by atoms with van der Waals surface area (Å²) in [6, 6.07) is 1.88. The van der Waals surface area contributed by atoms with Gasteiger partial charge in [0.05, 0.1) is 5.69 Å². The second-order valence-corrected chi connectivity index (χ2v) is 7.83. The summed E-state index contributed by atoms with van der Waals surface area (Å²) in [5, 5.41) is 4.40. The standard InChI is InChI=1S/C18H30N4O2/c1-7-8-14-10-15(21(6)19-14)17(24)20(5)11-13-9-16(23)22(12-13)18(2,3)4/h10,13H,7-9,11-12H2,1-6H3/t13-/m0/s1. The topological polar surface area (TPSA) is 58.4 Å². The fourth-order valence-electron chi connectivity index (χ4n) is 3.32. The first-order valence-electron chi connectivity index (χ1n) is 8.72. The second kappa shape index (κ2) is 6.95. The van der Waals surface area contributed by atoms with E-state index < -0.39 is 0 Å². The molecule has 0 bridgehead atoms. The zero-order chi connectivity index (χ0) is 18.1. The lowest BCUT2D eigenvalue weighted by Crippen LogP contribution is -2.43. The van der Waals surface area contributed by atoms with Crippen molar-refractivity contribution >= 4 is 11.8 Å². The summed E-state index contributed by atoms with van der Waals surface area (Å²) < 4.78 is 1.66. The summed E-state index contributed by atoms with van der Waals surface area (Å²) in [5.74, 6) is 0.335. The highest BCUT2D eigenvalue weighted by Gasteiger charge is 2.37. The van der Waals surface area contributed by atoms with Gasteiger partial charge in [-0.1, -0.05) is 13.3 Å². The van der Waals surface area contributed by atoms with Crippen molar-refractivity contribution in [2.75, 3.05) is 20.1 Å². The van der Waals surface area contributed by atoms with Crippen molar-refractivity contribution in [1.29, 1.82) is 0 Å². The molecule has 1 aromatic heterocycles. The fraction of sp³-hybridized carbons (Fsp3) is 0.722. The quantitative estimate of drug-likeness (QED) is 0.828. The van der Waals surface area contributed by atoms with E-state index in [4.69, 9.17) is 0 Å². The van der Waals surface area contributed by atoms with Gasteiger partial charge in [-0.2, -0.15) is 5.10 Å². The molecule has 6 heteroatoms.